The average Bonchev–Trinajstić information content (AvgIpc) is 2.35. The van der Waals surface area contributed by atoms with Crippen LogP contribution in [0.3, 0.4) is 0 Å². The Morgan fingerprint density at radius 1 is 1.00 bits per heavy atom. The molecule has 0 aliphatic heterocycles. The van der Waals surface area contributed by atoms with Crippen LogP contribution in [0.25, 0.3) is 0 Å². The highest BCUT2D eigenvalue weighted by molar-refractivity contribution is 6.44. The molecule has 0 unspecified atom stereocenters. The van der Waals surface area contributed by atoms with E-state index in [0.717, 1.165) is 51.7 Å². The number of nitrogens with one attached hydrogen (secondary N) is 1. The van der Waals surface area contributed by atoms with Crippen molar-refractivity contribution in [1.82, 2.24) is 5.32 Å². The van der Waals surface area contributed by atoms with Crippen molar-refractivity contribution in [2.45, 2.75) is 45.6 Å². The van der Waals surface area contributed by atoms with Crippen molar-refractivity contribution in [3.05, 3.63) is 0 Å². The van der Waals surface area contributed by atoms with E-state index in [-0.39, 0.29) is 0 Å². The van der Waals surface area contributed by atoms with Crippen LogP contribution in [0.4, 0.5) is 0 Å². The van der Waals surface area contributed by atoms with Gasteiger partial charge in [-0.25, -0.2) is 0 Å². The molecule has 0 saturated heterocycles. The van der Waals surface area contributed by atoms with Gasteiger partial charge in [0.15, 0.2) is 0 Å². The first-order valence-electron chi connectivity index (χ1n) is 6.99. The molecule has 0 amide bonds. The molecule has 3 N–H and O–H groups in total. The second-order valence-corrected chi connectivity index (χ2v) is 6.31. The highest BCUT2D eigenvalue weighted by atomic mass is 28.3. The average molecular weight is 262 g/mol. The van der Waals surface area contributed by atoms with E-state index < -0.39 is 9.28 Å². The van der Waals surface area contributed by atoms with Gasteiger partial charge < -0.3 is 19.9 Å². The van der Waals surface area contributed by atoms with Crippen molar-refractivity contribution in [1.29, 1.82) is 0 Å². The predicted molar refractivity (Wildman–Crippen MR) is 75.6 cm³/mol. The van der Waals surface area contributed by atoms with E-state index >= 15 is 0 Å². The fourth-order valence-electron chi connectivity index (χ4n) is 1.50. The zero-order valence-corrected chi connectivity index (χ0v) is 12.7. The monoisotopic (exact) mass is 262 g/mol. The molecule has 104 valence electrons. The van der Waals surface area contributed by atoms with Gasteiger partial charge >= 0.3 is 9.28 Å². The summed E-state index contributed by atoms with van der Waals surface area (Å²) in [6, 6.07) is 1.13. The van der Waals surface area contributed by atoms with E-state index in [4.69, 9.17) is 14.6 Å². The summed E-state index contributed by atoms with van der Waals surface area (Å²) < 4.78 is 11.6. The molecule has 0 rings (SSSR count). The molecule has 0 aromatic heterocycles. The van der Waals surface area contributed by atoms with Gasteiger partial charge in [0.1, 0.15) is 0 Å². The number of rotatable bonds is 13. The highest BCUT2D eigenvalue weighted by Gasteiger charge is 2.11. The van der Waals surface area contributed by atoms with Gasteiger partial charge in [-0.05, 0) is 31.9 Å². The summed E-state index contributed by atoms with van der Waals surface area (Å²) >= 11 is 0. The Morgan fingerprint density at radius 3 is 2.18 bits per heavy atom. The number of unbranched alkanes of at least 4 members (excludes halogenated alkanes) is 1. The van der Waals surface area contributed by atoms with Crippen LogP contribution < -0.4 is 11.1 Å². The predicted octanol–water partition coefficient (Wildman–Crippen LogP) is 1.39. The minimum Gasteiger partial charge on any atom is -0.397 e. The second kappa shape index (κ2) is 14.1. The normalized spacial score (nSPS) is 11.3. The third-order valence-corrected chi connectivity index (χ3v) is 4.47. The van der Waals surface area contributed by atoms with E-state index in [9.17, 15) is 0 Å². The van der Waals surface area contributed by atoms with Crippen LogP contribution in [0.5, 0.6) is 0 Å². The van der Waals surface area contributed by atoms with Crippen LogP contribution in [0.2, 0.25) is 6.04 Å². The minimum absolute atomic E-state index is 0.719. The first-order chi connectivity index (χ1) is 8.35. The van der Waals surface area contributed by atoms with Gasteiger partial charge in [0.25, 0.3) is 0 Å². The number of hydrogen-bond donors (Lipinski definition) is 2. The van der Waals surface area contributed by atoms with Gasteiger partial charge in [-0.15, -0.1) is 0 Å². The van der Waals surface area contributed by atoms with Crippen LogP contribution >= 0.6 is 0 Å². The standard InChI is InChI=1S/C12H30N2O2Si/c1-3-10-15-17(16-11-4-2)12-6-5-8-14-9-7-13/h14,17H,3-13H2,1-2H3. The summed E-state index contributed by atoms with van der Waals surface area (Å²) in [6.45, 7) is 8.68. The topological polar surface area (TPSA) is 56.5 Å². The Balaban J connectivity index is 3.45. The first-order valence-corrected chi connectivity index (χ1v) is 8.75. The van der Waals surface area contributed by atoms with E-state index in [1.807, 2.05) is 0 Å². The molecule has 0 aliphatic rings. The zero-order valence-electron chi connectivity index (χ0n) is 11.5. The van der Waals surface area contributed by atoms with Crippen molar-refractivity contribution >= 4 is 9.28 Å². The lowest BCUT2D eigenvalue weighted by Crippen LogP contribution is -2.25. The fourth-order valence-corrected chi connectivity index (χ4v) is 3.55. The summed E-state index contributed by atoms with van der Waals surface area (Å²) in [4.78, 5) is 0. The van der Waals surface area contributed by atoms with Gasteiger partial charge in [-0.3, -0.25) is 0 Å². The lowest BCUT2D eigenvalue weighted by molar-refractivity contribution is 0.195. The molecular formula is C12H30N2O2Si. The molecule has 4 nitrogen and oxygen atoms in total. The highest BCUT2D eigenvalue weighted by Crippen LogP contribution is 2.05. The third kappa shape index (κ3) is 12.3. The molecule has 0 saturated carbocycles. The van der Waals surface area contributed by atoms with Crippen LogP contribution in [0.1, 0.15) is 39.5 Å². The van der Waals surface area contributed by atoms with Gasteiger partial charge in [0.05, 0.1) is 0 Å². The van der Waals surface area contributed by atoms with Gasteiger partial charge in [0.2, 0.25) is 0 Å². The molecule has 0 heterocycles. The van der Waals surface area contributed by atoms with Crippen molar-refractivity contribution in [2.75, 3.05) is 32.8 Å². The molecule has 0 radical (unpaired) electrons. The third-order valence-electron chi connectivity index (χ3n) is 2.38. The van der Waals surface area contributed by atoms with Crippen LogP contribution in [0, 0.1) is 0 Å². The molecule has 0 aromatic carbocycles. The Morgan fingerprint density at radius 2 is 1.65 bits per heavy atom. The maximum atomic E-state index is 5.80. The zero-order chi connectivity index (χ0) is 12.8. The van der Waals surface area contributed by atoms with Gasteiger partial charge in [-0.2, -0.15) is 0 Å². The number of nitrogens with two attached hydrogens (primary N) is 1. The molecule has 0 aromatic rings. The Bertz CT molecular complexity index is 142. The summed E-state index contributed by atoms with van der Waals surface area (Å²) in [5, 5.41) is 3.30. The molecule has 0 spiro atoms. The molecule has 0 aliphatic carbocycles. The molecular weight excluding hydrogens is 232 g/mol. The lowest BCUT2D eigenvalue weighted by Gasteiger charge is -2.16. The van der Waals surface area contributed by atoms with Crippen LogP contribution in [0.15, 0.2) is 0 Å². The molecule has 17 heavy (non-hydrogen) atoms. The quantitative estimate of drug-likeness (QED) is 0.389. The Hall–Kier alpha value is 0.0569. The van der Waals surface area contributed by atoms with Crippen molar-refractivity contribution < 1.29 is 8.85 Å². The van der Waals surface area contributed by atoms with Crippen LogP contribution in [-0.2, 0) is 8.85 Å². The maximum Gasteiger partial charge on any atom is 0.321 e. The van der Waals surface area contributed by atoms with Crippen molar-refractivity contribution in [2.24, 2.45) is 5.73 Å². The molecule has 5 heteroatoms. The first kappa shape index (κ1) is 17.1. The Labute approximate surface area is 108 Å². The molecule has 0 atom stereocenters. The summed E-state index contributed by atoms with van der Waals surface area (Å²) in [7, 11) is -1.38. The van der Waals surface area contributed by atoms with E-state index in [1.54, 1.807) is 0 Å². The number of hydrogen-bond acceptors (Lipinski definition) is 4. The lowest BCUT2D eigenvalue weighted by atomic mass is 10.3. The van der Waals surface area contributed by atoms with Gasteiger partial charge in [0, 0.05) is 26.3 Å². The SMILES string of the molecule is CCCO[SiH](CCCCNCCN)OCCC. The minimum atomic E-state index is -1.38. The summed E-state index contributed by atoms with van der Waals surface area (Å²) in [5.41, 5.74) is 5.41. The van der Waals surface area contributed by atoms with Crippen LogP contribution in [-0.4, -0.2) is 42.1 Å². The summed E-state index contributed by atoms with van der Waals surface area (Å²) in [5.74, 6) is 0. The maximum absolute atomic E-state index is 5.80. The summed E-state index contributed by atoms with van der Waals surface area (Å²) in [6.07, 6.45) is 4.55. The molecule has 0 bridgehead atoms. The molecule has 0 fully saturated rings. The van der Waals surface area contributed by atoms with E-state index in [2.05, 4.69) is 19.2 Å². The van der Waals surface area contributed by atoms with Gasteiger partial charge in [-0.1, -0.05) is 20.3 Å². The van der Waals surface area contributed by atoms with Crippen molar-refractivity contribution in [3.63, 3.8) is 0 Å². The largest absolute Gasteiger partial charge is 0.397 e. The van der Waals surface area contributed by atoms with Crippen molar-refractivity contribution in [3.8, 4) is 0 Å². The smallest absolute Gasteiger partial charge is 0.321 e. The second-order valence-electron chi connectivity index (χ2n) is 4.21. The fraction of sp³-hybridized carbons (Fsp3) is 1.00. The van der Waals surface area contributed by atoms with E-state index in [0.29, 0.717) is 0 Å². The Kier molecular flexibility index (Phi) is 14.2. The van der Waals surface area contributed by atoms with E-state index in [1.165, 1.54) is 12.8 Å².